The fourth-order valence-corrected chi connectivity index (χ4v) is 2.19. The highest BCUT2D eigenvalue weighted by Crippen LogP contribution is 2.15. The number of carbonyl (C=O) groups excluding carboxylic acids is 1. The van der Waals surface area contributed by atoms with Crippen LogP contribution in [0.25, 0.3) is 0 Å². The second-order valence-electron chi connectivity index (χ2n) is 5.39. The van der Waals surface area contributed by atoms with Gasteiger partial charge in [-0.15, -0.1) is 0 Å². The van der Waals surface area contributed by atoms with Gasteiger partial charge < -0.3 is 5.32 Å². The summed E-state index contributed by atoms with van der Waals surface area (Å²) in [7, 11) is 0. The minimum Gasteiger partial charge on any atom is -0.349 e. The molecule has 0 saturated heterocycles. The summed E-state index contributed by atoms with van der Waals surface area (Å²) in [6.45, 7) is 6.27. The van der Waals surface area contributed by atoms with Crippen molar-refractivity contribution in [1.82, 2.24) is 5.32 Å². The van der Waals surface area contributed by atoms with Gasteiger partial charge in [-0.1, -0.05) is 69.9 Å². The molecule has 1 aromatic carbocycles. The second kappa shape index (κ2) is 8.73. The minimum absolute atomic E-state index is 0.0896. The van der Waals surface area contributed by atoms with E-state index in [1.165, 1.54) is 19.3 Å². The van der Waals surface area contributed by atoms with Crippen molar-refractivity contribution < 1.29 is 4.79 Å². The maximum absolute atomic E-state index is 12.1. The van der Waals surface area contributed by atoms with Crippen molar-refractivity contribution in [3.63, 3.8) is 0 Å². The quantitative estimate of drug-likeness (QED) is 0.687. The first-order valence-electron chi connectivity index (χ1n) is 7.50. The molecule has 0 bridgehead atoms. The van der Waals surface area contributed by atoms with Crippen LogP contribution < -0.4 is 5.32 Å². The van der Waals surface area contributed by atoms with E-state index in [0.29, 0.717) is 0 Å². The molecule has 0 fully saturated rings. The van der Waals surface area contributed by atoms with Gasteiger partial charge in [-0.25, -0.2) is 0 Å². The summed E-state index contributed by atoms with van der Waals surface area (Å²) in [5.74, 6) is 0.288. The summed E-state index contributed by atoms with van der Waals surface area (Å²) in [6, 6.07) is 10.2. The predicted molar refractivity (Wildman–Crippen MR) is 80.9 cm³/mol. The maximum atomic E-state index is 12.1. The lowest BCUT2D eigenvalue weighted by Crippen LogP contribution is -2.31. The number of hydrogen-bond acceptors (Lipinski definition) is 1. The van der Waals surface area contributed by atoms with Crippen LogP contribution in [0.5, 0.6) is 0 Å². The summed E-state index contributed by atoms with van der Waals surface area (Å²) in [6.07, 6.45) is 5.90. The van der Waals surface area contributed by atoms with Gasteiger partial charge in [0.1, 0.15) is 0 Å². The molecule has 1 aromatic rings. The minimum atomic E-state index is 0.0896. The van der Waals surface area contributed by atoms with Crippen molar-refractivity contribution in [2.45, 2.75) is 58.9 Å². The molecule has 1 amide bonds. The second-order valence-corrected chi connectivity index (χ2v) is 5.39. The van der Waals surface area contributed by atoms with Crippen molar-refractivity contribution in [2.75, 3.05) is 0 Å². The van der Waals surface area contributed by atoms with Crippen molar-refractivity contribution in [2.24, 2.45) is 5.92 Å². The normalized spacial score (nSPS) is 13.8. The van der Waals surface area contributed by atoms with E-state index in [0.717, 1.165) is 18.4 Å². The number of benzene rings is 1. The van der Waals surface area contributed by atoms with E-state index in [9.17, 15) is 4.79 Å². The third kappa shape index (κ3) is 5.91. The molecule has 0 aliphatic carbocycles. The van der Waals surface area contributed by atoms with E-state index >= 15 is 0 Å². The fourth-order valence-electron chi connectivity index (χ4n) is 2.19. The van der Waals surface area contributed by atoms with Gasteiger partial charge in [0.25, 0.3) is 0 Å². The summed E-state index contributed by atoms with van der Waals surface area (Å²) < 4.78 is 0. The first-order chi connectivity index (χ1) is 9.15. The monoisotopic (exact) mass is 261 g/mol. The van der Waals surface area contributed by atoms with Crippen LogP contribution in [0.1, 0.15) is 64.5 Å². The van der Waals surface area contributed by atoms with Gasteiger partial charge in [-0.3, -0.25) is 4.79 Å². The summed E-state index contributed by atoms with van der Waals surface area (Å²) in [5, 5.41) is 3.10. The maximum Gasteiger partial charge on any atom is 0.223 e. The molecule has 1 N–H and O–H groups in total. The van der Waals surface area contributed by atoms with Crippen molar-refractivity contribution in [3.05, 3.63) is 35.9 Å². The highest BCUT2D eigenvalue weighted by molar-refractivity contribution is 5.78. The molecule has 1 rings (SSSR count). The van der Waals surface area contributed by atoms with Crippen LogP contribution in [0.3, 0.4) is 0 Å². The molecule has 0 saturated carbocycles. The summed E-state index contributed by atoms with van der Waals surface area (Å²) >= 11 is 0. The van der Waals surface area contributed by atoms with Crippen molar-refractivity contribution in [1.29, 1.82) is 0 Å². The highest BCUT2D eigenvalue weighted by Gasteiger charge is 2.15. The van der Waals surface area contributed by atoms with Crippen molar-refractivity contribution >= 4 is 5.91 Å². The number of unbranched alkanes of at least 4 members (excludes halogenated alkanes) is 3. The Labute approximate surface area is 117 Å². The van der Waals surface area contributed by atoms with Gasteiger partial charge in [0.2, 0.25) is 5.91 Å². The number of hydrogen-bond donors (Lipinski definition) is 1. The third-order valence-electron chi connectivity index (χ3n) is 3.60. The zero-order valence-electron chi connectivity index (χ0n) is 12.5. The molecule has 0 aliphatic rings. The zero-order chi connectivity index (χ0) is 14.1. The first kappa shape index (κ1) is 15.7. The average molecular weight is 261 g/mol. The van der Waals surface area contributed by atoms with Crippen LogP contribution in [0.4, 0.5) is 0 Å². The standard InChI is InChI=1S/C17H27NO/c1-4-5-6-8-11-14(2)17(19)18-15(3)16-12-9-7-10-13-16/h7,9-10,12-15H,4-6,8,11H2,1-3H3,(H,18,19)/t14-,15+/m0/s1. The van der Waals surface area contributed by atoms with Crippen LogP contribution >= 0.6 is 0 Å². The molecule has 106 valence electrons. The highest BCUT2D eigenvalue weighted by atomic mass is 16.1. The number of amides is 1. The van der Waals surface area contributed by atoms with Crippen LogP contribution in [0.2, 0.25) is 0 Å². The number of carbonyl (C=O) groups is 1. The molecule has 0 aromatic heterocycles. The van der Waals surface area contributed by atoms with Gasteiger partial charge in [0.05, 0.1) is 6.04 Å². The van der Waals surface area contributed by atoms with Gasteiger partial charge in [0, 0.05) is 5.92 Å². The van der Waals surface area contributed by atoms with Crippen LogP contribution in [-0.4, -0.2) is 5.91 Å². The Kier molecular flexibility index (Phi) is 7.24. The van der Waals surface area contributed by atoms with E-state index in [4.69, 9.17) is 0 Å². The van der Waals surface area contributed by atoms with Gasteiger partial charge in [0.15, 0.2) is 0 Å². The molecule has 0 spiro atoms. The Morgan fingerprint density at radius 1 is 1.11 bits per heavy atom. The fraction of sp³-hybridized carbons (Fsp3) is 0.588. The van der Waals surface area contributed by atoms with E-state index in [1.807, 2.05) is 32.0 Å². The molecule has 2 atom stereocenters. The molecular formula is C17H27NO. The lowest BCUT2D eigenvalue weighted by atomic mass is 10.0. The Balaban J connectivity index is 2.33. The van der Waals surface area contributed by atoms with E-state index < -0.39 is 0 Å². The van der Waals surface area contributed by atoms with E-state index in [1.54, 1.807) is 0 Å². The van der Waals surface area contributed by atoms with Gasteiger partial charge in [-0.05, 0) is 18.9 Å². The summed E-state index contributed by atoms with van der Waals surface area (Å²) in [5.41, 5.74) is 1.16. The summed E-state index contributed by atoms with van der Waals surface area (Å²) in [4.78, 5) is 12.1. The third-order valence-corrected chi connectivity index (χ3v) is 3.60. The van der Waals surface area contributed by atoms with Crippen LogP contribution in [0, 0.1) is 5.92 Å². The van der Waals surface area contributed by atoms with Crippen LogP contribution in [0.15, 0.2) is 30.3 Å². The number of rotatable bonds is 8. The smallest absolute Gasteiger partial charge is 0.223 e. The Morgan fingerprint density at radius 2 is 1.79 bits per heavy atom. The number of nitrogens with one attached hydrogen (secondary N) is 1. The molecule has 2 nitrogen and oxygen atoms in total. The topological polar surface area (TPSA) is 29.1 Å². The Bertz CT molecular complexity index is 361. The molecule has 0 heterocycles. The lowest BCUT2D eigenvalue weighted by molar-refractivity contribution is -0.125. The Morgan fingerprint density at radius 3 is 2.42 bits per heavy atom. The molecule has 2 heteroatoms. The van der Waals surface area contributed by atoms with Gasteiger partial charge >= 0.3 is 0 Å². The molecule has 0 unspecified atom stereocenters. The predicted octanol–water partition coefficient (Wildman–Crippen LogP) is 4.47. The SMILES string of the molecule is CCCCCC[C@H](C)C(=O)N[C@H](C)c1ccccc1. The van der Waals surface area contributed by atoms with E-state index in [-0.39, 0.29) is 17.9 Å². The van der Waals surface area contributed by atoms with E-state index in [2.05, 4.69) is 24.4 Å². The van der Waals surface area contributed by atoms with Crippen molar-refractivity contribution in [3.8, 4) is 0 Å². The van der Waals surface area contributed by atoms with Gasteiger partial charge in [-0.2, -0.15) is 0 Å². The largest absolute Gasteiger partial charge is 0.349 e. The molecular weight excluding hydrogens is 234 g/mol. The molecule has 0 radical (unpaired) electrons. The lowest BCUT2D eigenvalue weighted by Gasteiger charge is -2.18. The first-order valence-corrected chi connectivity index (χ1v) is 7.50. The van der Waals surface area contributed by atoms with Crippen LogP contribution in [-0.2, 0) is 4.79 Å². The molecule has 19 heavy (non-hydrogen) atoms. The Hall–Kier alpha value is -1.31. The average Bonchev–Trinajstić information content (AvgIpc) is 2.44. The molecule has 0 aliphatic heterocycles. The zero-order valence-corrected chi connectivity index (χ0v) is 12.5.